The number of carbonyl (C=O) groups excluding carboxylic acids is 1. The Morgan fingerprint density at radius 3 is 2.39 bits per heavy atom. The van der Waals surface area contributed by atoms with Gasteiger partial charge in [0.15, 0.2) is 11.4 Å². The van der Waals surface area contributed by atoms with Crippen molar-refractivity contribution in [1.82, 2.24) is 9.78 Å². The number of aryl methyl sites for hydroxylation is 3. The van der Waals surface area contributed by atoms with Crippen LogP contribution < -0.4 is 15.6 Å². The zero-order valence-electron chi connectivity index (χ0n) is 16.1. The fraction of sp³-hybridized carbons (Fsp3) is 0.190. The Labute approximate surface area is 162 Å². The van der Waals surface area contributed by atoms with Gasteiger partial charge in [-0.05, 0) is 44.0 Å². The number of nitrogens with one attached hydrogen (secondary N) is 1. The van der Waals surface area contributed by atoms with Crippen molar-refractivity contribution in [3.05, 3.63) is 75.2 Å². The number of carbonyl (C=O) groups is 1. The lowest BCUT2D eigenvalue weighted by Crippen LogP contribution is -2.26. The molecule has 3 rings (SSSR count). The van der Waals surface area contributed by atoms with E-state index in [-0.39, 0.29) is 5.69 Å². The fourth-order valence-electron chi connectivity index (χ4n) is 3.14. The van der Waals surface area contributed by atoms with Gasteiger partial charge in [0.05, 0.1) is 7.11 Å². The highest BCUT2D eigenvalue weighted by molar-refractivity contribution is 6.05. The minimum Gasteiger partial charge on any atom is -0.505 e. The summed E-state index contributed by atoms with van der Waals surface area (Å²) in [5.74, 6) is -0.688. The Bertz CT molecular complexity index is 1100. The van der Waals surface area contributed by atoms with Crippen LogP contribution in [-0.4, -0.2) is 27.9 Å². The van der Waals surface area contributed by atoms with E-state index < -0.39 is 17.2 Å². The van der Waals surface area contributed by atoms with Crippen molar-refractivity contribution in [2.75, 3.05) is 12.4 Å². The largest absolute Gasteiger partial charge is 0.505 e. The van der Waals surface area contributed by atoms with Crippen LogP contribution in [0.3, 0.4) is 0 Å². The highest BCUT2D eigenvalue weighted by Gasteiger charge is 2.19. The molecule has 0 spiro atoms. The summed E-state index contributed by atoms with van der Waals surface area (Å²) in [5.41, 5.74) is 3.04. The predicted octanol–water partition coefficient (Wildman–Crippen LogP) is 3.12. The molecule has 0 saturated heterocycles. The minimum atomic E-state index is -0.615. The molecule has 0 unspecified atom stereocenters. The van der Waals surface area contributed by atoms with Crippen LogP contribution in [0.15, 0.2) is 47.3 Å². The smallest absolute Gasteiger partial charge is 0.280 e. The van der Waals surface area contributed by atoms with Crippen LogP contribution >= 0.6 is 0 Å². The summed E-state index contributed by atoms with van der Waals surface area (Å²) in [7, 11) is 1.47. The molecule has 2 N–H and O–H groups in total. The van der Waals surface area contributed by atoms with E-state index in [2.05, 4.69) is 10.4 Å². The molecule has 0 aliphatic heterocycles. The summed E-state index contributed by atoms with van der Waals surface area (Å²) in [6.45, 7) is 5.75. The number of amides is 1. The lowest BCUT2D eigenvalue weighted by molar-refractivity contribution is 0.101. The summed E-state index contributed by atoms with van der Waals surface area (Å²) >= 11 is 0. The molecular formula is C21H21N3O4. The number of benzene rings is 2. The molecule has 7 nitrogen and oxygen atoms in total. The van der Waals surface area contributed by atoms with Gasteiger partial charge in [0.2, 0.25) is 0 Å². The molecule has 1 heterocycles. The molecule has 0 aliphatic carbocycles. The van der Waals surface area contributed by atoms with Gasteiger partial charge in [-0.15, -0.1) is 0 Å². The third kappa shape index (κ3) is 3.59. The monoisotopic (exact) mass is 379 g/mol. The number of rotatable bonds is 4. The zero-order chi connectivity index (χ0) is 20.4. The second kappa shape index (κ2) is 7.56. The maximum absolute atomic E-state index is 12.8. The summed E-state index contributed by atoms with van der Waals surface area (Å²) in [5, 5.41) is 17.0. The summed E-state index contributed by atoms with van der Waals surface area (Å²) < 4.78 is 6.29. The molecule has 7 heteroatoms. The fourth-order valence-corrected chi connectivity index (χ4v) is 3.14. The van der Waals surface area contributed by atoms with Crippen LogP contribution in [0.5, 0.6) is 11.5 Å². The van der Waals surface area contributed by atoms with Gasteiger partial charge in [0.25, 0.3) is 11.5 Å². The first-order chi connectivity index (χ1) is 13.3. The van der Waals surface area contributed by atoms with Crippen molar-refractivity contribution in [2.45, 2.75) is 20.8 Å². The van der Waals surface area contributed by atoms with Crippen molar-refractivity contribution in [2.24, 2.45) is 0 Å². The van der Waals surface area contributed by atoms with E-state index in [1.165, 1.54) is 7.11 Å². The Morgan fingerprint density at radius 1 is 1.11 bits per heavy atom. The number of anilines is 1. The Morgan fingerprint density at radius 2 is 1.75 bits per heavy atom. The highest BCUT2D eigenvalue weighted by Crippen LogP contribution is 2.24. The van der Waals surface area contributed by atoms with Crippen LogP contribution in [0.1, 0.15) is 27.2 Å². The van der Waals surface area contributed by atoms with Crippen molar-refractivity contribution in [3.8, 4) is 17.2 Å². The molecule has 0 aliphatic rings. The molecular weight excluding hydrogens is 358 g/mol. The first-order valence-electron chi connectivity index (χ1n) is 8.67. The van der Waals surface area contributed by atoms with Crippen molar-refractivity contribution in [3.63, 3.8) is 0 Å². The van der Waals surface area contributed by atoms with E-state index in [0.717, 1.165) is 27.4 Å². The van der Waals surface area contributed by atoms with E-state index in [9.17, 15) is 14.7 Å². The number of ether oxygens (including phenoxy) is 1. The molecule has 0 saturated carbocycles. The van der Waals surface area contributed by atoms with Gasteiger partial charge in [-0.1, -0.05) is 29.8 Å². The average Bonchev–Trinajstić information content (AvgIpc) is 2.64. The Hall–Kier alpha value is -3.61. The first kappa shape index (κ1) is 19.2. The summed E-state index contributed by atoms with van der Waals surface area (Å²) in [6, 6.07) is 11.7. The van der Waals surface area contributed by atoms with E-state index in [0.29, 0.717) is 17.1 Å². The number of nitrogens with zero attached hydrogens (tertiary/aromatic N) is 2. The van der Waals surface area contributed by atoms with E-state index in [4.69, 9.17) is 4.74 Å². The second-order valence-corrected chi connectivity index (χ2v) is 6.53. The van der Waals surface area contributed by atoms with Gasteiger partial charge in [0.1, 0.15) is 11.4 Å². The van der Waals surface area contributed by atoms with Crippen LogP contribution in [0.4, 0.5) is 5.69 Å². The molecule has 2 aromatic carbocycles. The maximum atomic E-state index is 12.8. The third-order valence-electron chi connectivity index (χ3n) is 4.36. The molecule has 1 amide bonds. The zero-order valence-corrected chi connectivity index (χ0v) is 16.1. The number of methoxy groups -OCH3 is 1. The van der Waals surface area contributed by atoms with Crippen LogP contribution in [-0.2, 0) is 0 Å². The normalized spacial score (nSPS) is 10.6. The molecule has 144 valence electrons. The average molecular weight is 379 g/mol. The third-order valence-corrected chi connectivity index (χ3v) is 4.36. The number of hydrogen-bond donors (Lipinski definition) is 2. The lowest BCUT2D eigenvalue weighted by atomic mass is 10.0. The molecule has 1 aromatic heterocycles. The van der Waals surface area contributed by atoms with Crippen molar-refractivity contribution in [1.29, 1.82) is 0 Å². The Balaban J connectivity index is 2.06. The molecule has 0 radical (unpaired) electrons. The van der Waals surface area contributed by atoms with Gasteiger partial charge in [-0.2, -0.15) is 9.78 Å². The predicted molar refractivity (Wildman–Crippen MR) is 107 cm³/mol. The number of aromatic nitrogens is 2. The SMILES string of the molecule is COc1ccccc1-n1nc(C(=O)Nc2c(C)cc(C)cc2C)c(O)cc1=O. The van der Waals surface area contributed by atoms with E-state index in [1.54, 1.807) is 24.3 Å². The number of hydrogen-bond acceptors (Lipinski definition) is 5. The first-order valence-corrected chi connectivity index (χ1v) is 8.67. The van der Waals surface area contributed by atoms with Crippen LogP contribution in [0, 0.1) is 20.8 Å². The number of aromatic hydroxyl groups is 1. The molecule has 28 heavy (non-hydrogen) atoms. The Kier molecular flexibility index (Phi) is 5.17. The van der Waals surface area contributed by atoms with E-state index >= 15 is 0 Å². The molecule has 3 aromatic rings. The molecule has 0 fully saturated rings. The van der Waals surface area contributed by atoms with Gasteiger partial charge in [0, 0.05) is 11.8 Å². The standard InChI is InChI=1S/C21H21N3O4/c1-12-9-13(2)19(14(3)10-12)22-21(27)20-16(25)11-18(26)24(23-20)15-7-5-6-8-17(15)28-4/h5-11,25H,1-4H3,(H,22,27). The summed E-state index contributed by atoms with van der Waals surface area (Å²) in [6.07, 6.45) is 0. The van der Waals surface area contributed by atoms with Gasteiger partial charge < -0.3 is 15.2 Å². The van der Waals surface area contributed by atoms with Gasteiger partial charge in [-0.3, -0.25) is 9.59 Å². The summed E-state index contributed by atoms with van der Waals surface area (Å²) in [4.78, 5) is 25.1. The van der Waals surface area contributed by atoms with Gasteiger partial charge >= 0.3 is 0 Å². The topological polar surface area (TPSA) is 93.5 Å². The van der Waals surface area contributed by atoms with Crippen molar-refractivity contribution >= 4 is 11.6 Å². The van der Waals surface area contributed by atoms with Gasteiger partial charge in [-0.25, -0.2) is 0 Å². The maximum Gasteiger partial charge on any atom is 0.280 e. The minimum absolute atomic E-state index is 0.259. The van der Waals surface area contributed by atoms with Crippen LogP contribution in [0.25, 0.3) is 5.69 Å². The highest BCUT2D eigenvalue weighted by atomic mass is 16.5. The van der Waals surface area contributed by atoms with Crippen LogP contribution in [0.2, 0.25) is 0 Å². The van der Waals surface area contributed by atoms with E-state index in [1.807, 2.05) is 32.9 Å². The molecule has 0 bridgehead atoms. The molecule has 0 atom stereocenters. The van der Waals surface area contributed by atoms with Crippen molar-refractivity contribution < 1.29 is 14.6 Å². The quantitative estimate of drug-likeness (QED) is 0.726. The lowest BCUT2D eigenvalue weighted by Gasteiger charge is -2.14. The number of para-hydroxylation sites is 2. The second-order valence-electron chi connectivity index (χ2n) is 6.53.